The van der Waals surface area contributed by atoms with Crippen LogP contribution in [0, 0.1) is 0 Å². The van der Waals surface area contributed by atoms with Crippen molar-refractivity contribution in [2.75, 3.05) is 0 Å². The first-order valence-electron chi connectivity index (χ1n) is 6.95. The summed E-state index contributed by atoms with van der Waals surface area (Å²) in [6, 6.07) is 0. The number of aliphatic hydroxyl groups excluding tert-OH is 1. The molecule has 3 nitrogen and oxygen atoms in total. The molecule has 0 heterocycles. The second-order valence-electron chi connectivity index (χ2n) is 4.16. The number of carboxylic acid groups (broad SMARTS) is 1. The molecule has 0 aliphatic heterocycles. The number of allylic oxidation sites excluding steroid dienone is 5. The van der Waals surface area contributed by atoms with E-state index in [9.17, 15) is 0 Å². The minimum Gasteiger partial charge on any atom is -0.516 e. The van der Waals surface area contributed by atoms with E-state index >= 15 is 0 Å². The Morgan fingerprint density at radius 3 is 1.95 bits per heavy atom. The van der Waals surface area contributed by atoms with Gasteiger partial charge in [0.1, 0.15) is 0 Å². The van der Waals surface area contributed by atoms with Crippen LogP contribution in [0.3, 0.4) is 0 Å². The number of carbonyl (C=O) groups is 1. The molecule has 0 fully saturated rings. The maximum absolute atomic E-state index is 9.00. The summed E-state index contributed by atoms with van der Waals surface area (Å²) in [5.74, 6) is -0.833. The average Bonchev–Trinajstić information content (AvgIpc) is 2.35. The van der Waals surface area contributed by atoms with Crippen LogP contribution in [0.25, 0.3) is 0 Å². The van der Waals surface area contributed by atoms with E-state index in [-0.39, 0.29) is 0 Å². The van der Waals surface area contributed by atoms with Crippen LogP contribution in [0.15, 0.2) is 36.6 Å². The summed E-state index contributed by atoms with van der Waals surface area (Å²) >= 11 is 0. The zero-order valence-corrected chi connectivity index (χ0v) is 12.2. The molecule has 0 saturated heterocycles. The molecule has 0 saturated carbocycles. The second kappa shape index (κ2) is 18.8. The molecule has 0 unspecified atom stereocenters. The Kier molecular flexibility index (Phi) is 19.7. The van der Waals surface area contributed by atoms with Crippen molar-refractivity contribution in [3.05, 3.63) is 36.6 Å². The minimum absolute atomic E-state index is 0.833. The molecule has 0 bridgehead atoms. The number of hydrogen-bond donors (Lipinski definition) is 2. The zero-order chi connectivity index (χ0) is 14.8. The highest BCUT2D eigenvalue weighted by Gasteiger charge is 1.86. The predicted octanol–water partition coefficient (Wildman–Crippen LogP) is 5.01. The third-order valence-electron chi connectivity index (χ3n) is 2.23. The first-order valence-corrected chi connectivity index (χ1v) is 6.95. The predicted molar refractivity (Wildman–Crippen MR) is 81.4 cm³/mol. The molecule has 0 aromatic carbocycles. The first kappa shape index (κ1) is 19.8. The van der Waals surface area contributed by atoms with Crippen LogP contribution in [0.1, 0.15) is 58.8 Å². The SMILES string of the molecule is CC(=O)O.CCC=CCCCCCC/C=C\C=C/O. The summed E-state index contributed by atoms with van der Waals surface area (Å²) in [6.07, 6.45) is 20.0. The summed E-state index contributed by atoms with van der Waals surface area (Å²) in [4.78, 5) is 9.00. The van der Waals surface area contributed by atoms with E-state index < -0.39 is 5.97 Å². The fraction of sp³-hybridized carbons (Fsp3) is 0.562. The van der Waals surface area contributed by atoms with Crippen LogP contribution < -0.4 is 0 Å². The van der Waals surface area contributed by atoms with Crippen molar-refractivity contribution in [1.29, 1.82) is 0 Å². The summed E-state index contributed by atoms with van der Waals surface area (Å²) in [6.45, 7) is 3.25. The third kappa shape index (κ3) is 31.5. The lowest BCUT2D eigenvalue weighted by atomic mass is 10.1. The minimum atomic E-state index is -0.833. The van der Waals surface area contributed by atoms with Gasteiger partial charge in [0.15, 0.2) is 0 Å². The maximum Gasteiger partial charge on any atom is 0.300 e. The van der Waals surface area contributed by atoms with E-state index in [1.165, 1.54) is 32.1 Å². The molecule has 0 aliphatic carbocycles. The molecule has 110 valence electrons. The molecule has 19 heavy (non-hydrogen) atoms. The lowest BCUT2D eigenvalue weighted by Gasteiger charge is -1.96. The molecule has 3 heteroatoms. The molecule has 0 aliphatic rings. The third-order valence-corrected chi connectivity index (χ3v) is 2.23. The smallest absolute Gasteiger partial charge is 0.300 e. The van der Waals surface area contributed by atoms with Crippen LogP contribution in [0.4, 0.5) is 0 Å². The number of carboxylic acids is 1. The molecule has 0 aromatic heterocycles. The molecular weight excluding hydrogens is 240 g/mol. The largest absolute Gasteiger partial charge is 0.516 e. The molecule has 0 radical (unpaired) electrons. The van der Waals surface area contributed by atoms with Gasteiger partial charge in [-0.2, -0.15) is 0 Å². The Bertz CT molecular complexity index is 261. The highest BCUT2D eigenvalue weighted by molar-refractivity contribution is 5.62. The van der Waals surface area contributed by atoms with Gasteiger partial charge >= 0.3 is 0 Å². The van der Waals surface area contributed by atoms with Crippen molar-refractivity contribution in [3.8, 4) is 0 Å². The fourth-order valence-corrected chi connectivity index (χ4v) is 1.39. The Morgan fingerprint density at radius 1 is 0.947 bits per heavy atom. The molecule has 2 N–H and O–H groups in total. The molecule has 0 atom stereocenters. The van der Waals surface area contributed by atoms with Gasteiger partial charge in [0.05, 0.1) is 6.26 Å². The maximum atomic E-state index is 9.00. The van der Waals surface area contributed by atoms with Gasteiger partial charge in [-0.15, -0.1) is 0 Å². The average molecular weight is 268 g/mol. The molecule has 0 amide bonds. The summed E-state index contributed by atoms with van der Waals surface area (Å²) in [5, 5.41) is 15.8. The second-order valence-corrected chi connectivity index (χ2v) is 4.16. The van der Waals surface area contributed by atoms with Crippen molar-refractivity contribution in [2.45, 2.75) is 58.8 Å². The summed E-state index contributed by atoms with van der Waals surface area (Å²) in [7, 11) is 0. The molecule has 0 rings (SSSR count). The Balaban J connectivity index is 0. The van der Waals surface area contributed by atoms with Crippen molar-refractivity contribution in [3.63, 3.8) is 0 Å². The highest BCUT2D eigenvalue weighted by atomic mass is 16.4. The zero-order valence-electron chi connectivity index (χ0n) is 12.2. The highest BCUT2D eigenvalue weighted by Crippen LogP contribution is 2.06. The lowest BCUT2D eigenvalue weighted by molar-refractivity contribution is -0.134. The van der Waals surface area contributed by atoms with Crippen molar-refractivity contribution < 1.29 is 15.0 Å². The lowest BCUT2D eigenvalue weighted by Crippen LogP contribution is -1.78. The Hall–Kier alpha value is -1.51. The molecular formula is C16H28O3. The number of unbranched alkanes of at least 4 members (excludes halogenated alkanes) is 5. The molecule has 0 spiro atoms. The number of aliphatic carboxylic acids is 1. The van der Waals surface area contributed by atoms with Gasteiger partial charge in [-0.05, 0) is 38.2 Å². The van der Waals surface area contributed by atoms with E-state index in [0.29, 0.717) is 0 Å². The van der Waals surface area contributed by atoms with Crippen LogP contribution in [-0.4, -0.2) is 16.2 Å². The fourth-order valence-electron chi connectivity index (χ4n) is 1.39. The van der Waals surface area contributed by atoms with Crippen molar-refractivity contribution >= 4 is 5.97 Å². The van der Waals surface area contributed by atoms with Crippen LogP contribution in [0.2, 0.25) is 0 Å². The van der Waals surface area contributed by atoms with Crippen LogP contribution in [0.5, 0.6) is 0 Å². The van der Waals surface area contributed by atoms with E-state index in [1.807, 2.05) is 6.08 Å². The monoisotopic (exact) mass is 268 g/mol. The van der Waals surface area contributed by atoms with Crippen LogP contribution >= 0.6 is 0 Å². The van der Waals surface area contributed by atoms with Gasteiger partial charge in [0.2, 0.25) is 0 Å². The van der Waals surface area contributed by atoms with Gasteiger partial charge in [0, 0.05) is 6.92 Å². The number of aliphatic hydroxyl groups is 1. The normalized spacial score (nSPS) is 11.1. The van der Waals surface area contributed by atoms with Gasteiger partial charge in [-0.25, -0.2) is 0 Å². The quantitative estimate of drug-likeness (QED) is 0.267. The topological polar surface area (TPSA) is 57.5 Å². The van der Waals surface area contributed by atoms with Crippen LogP contribution in [-0.2, 0) is 4.79 Å². The van der Waals surface area contributed by atoms with Crippen molar-refractivity contribution in [2.24, 2.45) is 0 Å². The van der Waals surface area contributed by atoms with Gasteiger partial charge in [-0.3, -0.25) is 4.79 Å². The van der Waals surface area contributed by atoms with E-state index in [1.54, 1.807) is 6.08 Å². The number of rotatable bonds is 9. The standard InChI is InChI=1S/C14H24O.C2H4O2/c1-2-3-4-5-6-7-8-9-10-11-12-13-14-15;1-2(3)4/h3-4,11-15H,2,5-10H2,1H3;1H3,(H,3,4)/b4-3?,12-11-,14-13-;. The van der Waals surface area contributed by atoms with Crippen molar-refractivity contribution in [1.82, 2.24) is 0 Å². The van der Waals surface area contributed by atoms with Gasteiger partial charge in [-0.1, -0.05) is 44.1 Å². The van der Waals surface area contributed by atoms with E-state index in [2.05, 4.69) is 25.2 Å². The Labute approximate surface area is 117 Å². The van der Waals surface area contributed by atoms with Gasteiger partial charge < -0.3 is 10.2 Å². The number of hydrogen-bond acceptors (Lipinski definition) is 2. The first-order chi connectivity index (χ1) is 9.15. The summed E-state index contributed by atoms with van der Waals surface area (Å²) in [5.41, 5.74) is 0. The molecule has 0 aromatic rings. The summed E-state index contributed by atoms with van der Waals surface area (Å²) < 4.78 is 0. The van der Waals surface area contributed by atoms with E-state index in [0.717, 1.165) is 26.0 Å². The van der Waals surface area contributed by atoms with E-state index in [4.69, 9.17) is 15.0 Å². The Morgan fingerprint density at radius 2 is 1.47 bits per heavy atom. The van der Waals surface area contributed by atoms with Gasteiger partial charge in [0.25, 0.3) is 5.97 Å².